The lowest BCUT2D eigenvalue weighted by atomic mass is 9.99. The molecule has 0 saturated carbocycles. The molecule has 2 aromatic carbocycles. The van der Waals surface area contributed by atoms with Gasteiger partial charge < -0.3 is 10.4 Å². The Hall–Kier alpha value is -3.02. The molecule has 0 spiro atoms. The number of aliphatic imine (C=N–C) groups is 1. The lowest BCUT2D eigenvalue weighted by Crippen LogP contribution is -2.57. The van der Waals surface area contributed by atoms with Gasteiger partial charge in [-0.05, 0) is 76.1 Å². The monoisotopic (exact) mass is 641 g/mol. The molecule has 1 saturated heterocycles. The van der Waals surface area contributed by atoms with Crippen molar-refractivity contribution in [2.45, 2.75) is 106 Å². The molecule has 238 valence electrons. The molecule has 44 heavy (non-hydrogen) atoms. The number of amides is 1. The number of ketones is 1. The Labute approximate surface area is 265 Å². The van der Waals surface area contributed by atoms with Crippen LogP contribution in [0.5, 0.6) is 0 Å². The Morgan fingerprint density at radius 2 is 1.73 bits per heavy atom. The smallest absolute Gasteiger partial charge is 0.326 e. The number of carbonyl (C=O) groups excluding carboxylic acids is 2. The molecule has 4 rings (SSSR count). The van der Waals surface area contributed by atoms with Crippen LogP contribution in [0, 0.1) is 0 Å². The third-order valence-corrected chi connectivity index (χ3v) is 11.7. The number of thioether (sulfide) groups is 1. The number of rotatable bonds is 15. The summed E-state index contributed by atoms with van der Waals surface area (Å²) < 4.78 is 27.6. The van der Waals surface area contributed by atoms with Gasteiger partial charge in [0, 0.05) is 36.3 Å². The maximum atomic E-state index is 13.6. The number of Topliss-reactive ketones (excluding diaryl/α,β-unsaturated/α-hetero) is 1. The highest BCUT2D eigenvalue weighted by molar-refractivity contribution is 8.02. The third kappa shape index (κ3) is 8.57. The van der Waals surface area contributed by atoms with Crippen LogP contribution in [0.15, 0.2) is 64.5 Å². The van der Waals surface area contributed by atoms with Crippen LogP contribution in [0.4, 0.5) is 0 Å². The first kappa shape index (κ1) is 33.9. The first-order valence-corrected chi connectivity index (χ1v) is 17.6. The van der Waals surface area contributed by atoms with Crippen LogP contribution in [0.25, 0.3) is 0 Å². The molecule has 2 heterocycles. The molecule has 1 amide bonds. The minimum absolute atomic E-state index is 0.0157. The fourth-order valence-corrected chi connectivity index (χ4v) is 9.74. The zero-order valence-electron chi connectivity index (χ0n) is 25.7. The van der Waals surface area contributed by atoms with E-state index < -0.39 is 44.1 Å². The molecular formula is C33H43N3O6S2. The Morgan fingerprint density at radius 3 is 2.36 bits per heavy atom. The number of unbranched alkanes of at least 4 members (excludes halogenated alkanes) is 2. The molecule has 0 bridgehead atoms. The topological polar surface area (TPSA) is 133 Å². The van der Waals surface area contributed by atoms with E-state index in [1.807, 2.05) is 12.1 Å². The van der Waals surface area contributed by atoms with E-state index in [0.29, 0.717) is 18.4 Å². The summed E-state index contributed by atoms with van der Waals surface area (Å²) in [5.74, 6) is -1.70. The fourth-order valence-electron chi connectivity index (χ4n) is 5.98. The molecule has 0 aliphatic carbocycles. The zero-order valence-corrected chi connectivity index (χ0v) is 27.3. The number of sulfonamides is 1. The second-order valence-corrected chi connectivity index (χ2v) is 15.9. The summed E-state index contributed by atoms with van der Waals surface area (Å²) in [5.41, 5.74) is 2.86. The van der Waals surface area contributed by atoms with Gasteiger partial charge >= 0.3 is 5.97 Å². The van der Waals surface area contributed by atoms with Crippen molar-refractivity contribution >= 4 is 45.2 Å². The summed E-state index contributed by atoms with van der Waals surface area (Å²) in [4.78, 5) is 42.9. The summed E-state index contributed by atoms with van der Waals surface area (Å²) in [5, 5.41) is 12.0. The quantitative estimate of drug-likeness (QED) is 0.261. The molecule has 2 aromatic rings. The molecule has 2 unspecified atom stereocenters. The van der Waals surface area contributed by atoms with Gasteiger partial charge in [0.05, 0.1) is 10.3 Å². The number of carboxylic acid groups (broad SMARTS) is 1. The summed E-state index contributed by atoms with van der Waals surface area (Å²) in [6.07, 6.45) is 7.13. The molecule has 2 N–H and O–H groups in total. The number of hydrogen-bond acceptors (Lipinski definition) is 7. The highest BCUT2D eigenvalue weighted by Gasteiger charge is 2.55. The number of aliphatic carboxylic acids is 1. The van der Waals surface area contributed by atoms with Crippen LogP contribution in [0.2, 0.25) is 0 Å². The van der Waals surface area contributed by atoms with Gasteiger partial charge in [-0.25, -0.2) is 13.2 Å². The minimum Gasteiger partial charge on any atom is -0.480 e. The third-order valence-electron chi connectivity index (χ3n) is 8.17. The van der Waals surface area contributed by atoms with Gasteiger partial charge in [0.1, 0.15) is 17.9 Å². The second kappa shape index (κ2) is 14.8. The van der Waals surface area contributed by atoms with Crippen LogP contribution in [-0.4, -0.2) is 70.0 Å². The Morgan fingerprint density at radius 1 is 1.05 bits per heavy atom. The normalized spacial score (nSPS) is 20.7. The van der Waals surface area contributed by atoms with Crippen molar-refractivity contribution in [2.24, 2.45) is 4.99 Å². The van der Waals surface area contributed by atoms with Crippen molar-refractivity contribution in [1.29, 1.82) is 0 Å². The van der Waals surface area contributed by atoms with E-state index in [9.17, 15) is 27.9 Å². The van der Waals surface area contributed by atoms with E-state index in [-0.39, 0.29) is 17.1 Å². The molecule has 3 atom stereocenters. The van der Waals surface area contributed by atoms with E-state index in [1.54, 1.807) is 51.1 Å². The lowest BCUT2D eigenvalue weighted by Gasteiger charge is -2.31. The first-order chi connectivity index (χ1) is 20.9. The van der Waals surface area contributed by atoms with Crippen LogP contribution in [0.3, 0.4) is 0 Å². The first-order valence-electron chi connectivity index (χ1n) is 15.3. The average Bonchev–Trinajstić information content (AvgIpc) is 3.58. The van der Waals surface area contributed by atoms with Crippen LogP contribution < -0.4 is 5.32 Å². The molecule has 2 aliphatic rings. The highest BCUT2D eigenvalue weighted by atomic mass is 32.2. The SMILES string of the molecule is CC1SC(C)(C)[C@@H](C(=O)NC(Cc2ccc(CC(=O)CCCCCC3=NCCC3)cc2)C(=O)O)N1S(=O)(=O)c1ccccc1. The second-order valence-electron chi connectivity index (χ2n) is 12.1. The summed E-state index contributed by atoms with van der Waals surface area (Å²) in [6, 6.07) is 12.7. The van der Waals surface area contributed by atoms with Crippen LogP contribution in [-0.2, 0) is 37.2 Å². The molecule has 0 radical (unpaired) electrons. The van der Waals surface area contributed by atoms with Crippen molar-refractivity contribution in [1.82, 2.24) is 9.62 Å². The van der Waals surface area contributed by atoms with Crippen molar-refractivity contribution in [3.63, 3.8) is 0 Å². The van der Waals surface area contributed by atoms with Crippen LogP contribution in [0.1, 0.15) is 76.8 Å². The van der Waals surface area contributed by atoms with Crippen molar-refractivity contribution in [3.05, 3.63) is 65.7 Å². The van der Waals surface area contributed by atoms with Gasteiger partial charge in [0.2, 0.25) is 15.9 Å². The van der Waals surface area contributed by atoms with Gasteiger partial charge in [0.25, 0.3) is 0 Å². The molecule has 0 aromatic heterocycles. The van der Waals surface area contributed by atoms with Crippen molar-refractivity contribution in [3.8, 4) is 0 Å². The Kier molecular flexibility index (Phi) is 11.4. The predicted octanol–water partition coefficient (Wildman–Crippen LogP) is 5.03. The maximum absolute atomic E-state index is 13.6. The van der Waals surface area contributed by atoms with Gasteiger partial charge in [-0.2, -0.15) is 4.31 Å². The number of carbonyl (C=O) groups is 3. The molecule has 9 nitrogen and oxygen atoms in total. The fraction of sp³-hybridized carbons (Fsp3) is 0.515. The van der Waals surface area contributed by atoms with Gasteiger partial charge in [-0.3, -0.25) is 14.6 Å². The standard InChI is InChI=1S/C33H43N3O6S2/c1-23-36(44(41,42)28-14-8-5-9-15-28)30(33(2,3)43-23)31(38)35-29(32(39)40)22-25-18-16-24(17-19-25)21-27(37)13-7-4-6-11-26-12-10-20-34-26/h5,8-9,14-19,23,29-30H,4,6-7,10-13,20-22H2,1-3H3,(H,35,38)(H,39,40)/t23?,29?,30-/m1/s1. The number of carboxylic acids is 1. The summed E-state index contributed by atoms with van der Waals surface area (Å²) >= 11 is 1.35. The number of nitrogens with one attached hydrogen (secondary N) is 1. The predicted molar refractivity (Wildman–Crippen MR) is 173 cm³/mol. The lowest BCUT2D eigenvalue weighted by molar-refractivity contribution is -0.142. The van der Waals surface area contributed by atoms with Crippen molar-refractivity contribution < 1.29 is 27.9 Å². The molecule has 2 aliphatic heterocycles. The highest BCUT2D eigenvalue weighted by Crippen LogP contribution is 2.46. The molecule has 1 fully saturated rings. The van der Waals surface area contributed by atoms with Gasteiger partial charge in [-0.1, -0.05) is 48.9 Å². The van der Waals surface area contributed by atoms with Gasteiger partial charge in [-0.15, -0.1) is 11.8 Å². The van der Waals surface area contributed by atoms with E-state index in [4.69, 9.17) is 0 Å². The van der Waals surface area contributed by atoms with Crippen molar-refractivity contribution in [2.75, 3.05) is 6.54 Å². The van der Waals surface area contributed by atoms with Gasteiger partial charge in [0.15, 0.2) is 0 Å². The minimum atomic E-state index is -4.02. The molecule has 11 heteroatoms. The maximum Gasteiger partial charge on any atom is 0.326 e. The summed E-state index contributed by atoms with van der Waals surface area (Å²) in [6.45, 7) is 6.27. The zero-order chi connectivity index (χ0) is 31.9. The Bertz CT molecular complexity index is 1460. The van der Waals surface area contributed by atoms with Crippen LogP contribution >= 0.6 is 11.8 Å². The number of hydrogen-bond donors (Lipinski definition) is 2. The Balaban J connectivity index is 1.34. The van der Waals surface area contributed by atoms with E-state index >= 15 is 0 Å². The summed E-state index contributed by atoms with van der Waals surface area (Å²) in [7, 11) is -4.02. The number of nitrogens with zero attached hydrogens (tertiary/aromatic N) is 2. The largest absolute Gasteiger partial charge is 0.480 e. The average molecular weight is 642 g/mol. The number of benzene rings is 2. The molecular weight excluding hydrogens is 599 g/mol. The van der Waals surface area contributed by atoms with E-state index in [0.717, 1.165) is 50.6 Å². The van der Waals surface area contributed by atoms with E-state index in [1.165, 1.54) is 33.9 Å². The van der Waals surface area contributed by atoms with E-state index in [2.05, 4.69) is 10.3 Å².